The molecule has 2 N–H and O–H groups in total. The van der Waals surface area contributed by atoms with Gasteiger partial charge in [0, 0.05) is 48.5 Å². The molecule has 1 aromatic heterocycles. The van der Waals surface area contributed by atoms with Crippen LogP contribution in [0.1, 0.15) is 30.9 Å². The molecule has 2 fully saturated rings. The van der Waals surface area contributed by atoms with Crippen molar-refractivity contribution in [2.75, 3.05) is 33.2 Å². The van der Waals surface area contributed by atoms with Crippen molar-refractivity contribution in [3.8, 4) is 16.9 Å². The van der Waals surface area contributed by atoms with Crippen molar-refractivity contribution in [2.24, 2.45) is 5.92 Å². The molecule has 0 amide bonds. The van der Waals surface area contributed by atoms with Crippen molar-refractivity contribution in [3.63, 3.8) is 0 Å². The number of ether oxygens (including phenoxy) is 1. The number of benzene rings is 1. The van der Waals surface area contributed by atoms with E-state index in [4.69, 9.17) is 0 Å². The molecule has 1 aromatic carbocycles. The fourth-order valence-electron chi connectivity index (χ4n) is 6.10. The summed E-state index contributed by atoms with van der Waals surface area (Å²) in [6.07, 6.45) is -1.14. The third-order valence-corrected chi connectivity index (χ3v) is 7.55. The predicted octanol–water partition coefficient (Wildman–Crippen LogP) is 1.09. The minimum atomic E-state index is -4.71. The molecule has 0 aliphatic carbocycles. The van der Waals surface area contributed by atoms with Crippen LogP contribution in [0.3, 0.4) is 0 Å². The summed E-state index contributed by atoms with van der Waals surface area (Å²) in [5.41, 5.74) is 2.83. The second-order valence-electron chi connectivity index (χ2n) is 9.75. The number of piperidine rings is 2. The third kappa shape index (κ3) is 4.30. The van der Waals surface area contributed by atoms with E-state index >= 15 is 0 Å². The number of fused-ring (bicyclic) bond motifs is 4. The van der Waals surface area contributed by atoms with Gasteiger partial charge in [0.15, 0.2) is 0 Å². The molecule has 0 saturated carbocycles. The number of halogens is 3. The van der Waals surface area contributed by atoms with Crippen LogP contribution < -0.4 is 20.1 Å². The van der Waals surface area contributed by atoms with Crippen molar-refractivity contribution in [2.45, 2.75) is 44.1 Å². The first kappa shape index (κ1) is 21.5. The Kier molecular flexibility index (Phi) is 5.53. The number of aromatic nitrogens is 1. The SMILES string of the molecule is C[NH+]1CCC([NH+]2C[C@@H]3C[C@H](C2)c2c(-c4ccc(OC(F)(F)F)cc4)ccc(=O)n2C3)CC1. The van der Waals surface area contributed by atoms with Crippen LogP contribution in [0.5, 0.6) is 5.75 Å². The van der Waals surface area contributed by atoms with E-state index in [1.807, 2.05) is 10.6 Å². The van der Waals surface area contributed by atoms with Crippen LogP contribution in [0.2, 0.25) is 0 Å². The van der Waals surface area contributed by atoms with Crippen LogP contribution in [0.25, 0.3) is 11.1 Å². The minimum absolute atomic E-state index is 0.0156. The Morgan fingerprint density at radius 2 is 1.75 bits per heavy atom. The van der Waals surface area contributed by atoms with Crippen molar-refractivity contribution in [1.29, 1.82) is 0 Å². The molecule has 2 aromatic rings. The summed E-state index contributed by atoms with van der Waals surface area (Å²) >= 11 is 0. The molecule has 0 radical (unpaired) electrons. The lowest BCUT2D eigenvalue weighted by Gasteiger charge is -2.44. The first-order chi connectivity index (χ1) is 15.3. The first-order valence-electron chi connectivity index (χ1n) is 11.5. The summed E-state index contributed by atoms with van der Waals surface area (Å²) in [6.45, 7) is 5.31. The highest BCUT2D eigenvalue weighted by Crippen LogP contribution is 2.37. The molecule has 5 rings (SSSR count). The first-order valence-corrected chi connectivity index (χ1v) is 11.5. The van der Waals surface area contributed by atoms with Crippen LogP contribution in [0.15, 0.2) is 41.2 Å². The second-order valence-corrected chi connectivity index (χ2v) is 9.75. The number of rotatable bonds is 3. The van der Waals surface area contributed by atoms with Gasteiger partial charge >= 0.3 is 6.36 Å². The number of alkyl halides is 3. The Bertz CT molecular complexity index is 1030. The molecule has 172 valence electrons. The molecule has 32 heavy (non-hydrogen) atoms. The Hall–Kier alpha value is -2.32. The Labute approximate surface area is 185 Å². The highest BCUT2D eigenvalue weighted by molar-refractivity contribution is 5.67. The zero-order valence-corrected chi connectivity index (χ0v) is 18.3. The van der Waals surface area contributed by atoms with Gasteiger partial charge in [-0.2, -0.15) is 0 Å². The molecule has 2 bridgehead atoms. The fourth-order valence-corrected chi connectivity index (χ4v) is 6.10. The monoisotopic (exact) mass is 449 g/mol. The maximum Gasteiger partial charge on any atom is 0.573 e. The van der Waals surface area contributed by atoms with Gasteiger partial charge in [0.1, 0.15) is 5.75 Å². The maximum absolute atomic E-state index is 12.7. The van der Waals surface area contributed by atoms with Crippen LogP contribution in [-0.2, 0) is 6.54 Å². The molecule has 5 nitrogen and oxygen atoms in total. The summed E-state index contributed by atoms with van der Waals surface area (Å²) in [4.78, 5) is 16.0. The van der Waals surface area contributed by atoms with E-state index in [9.17, 15) is 18.0 Å². The third-order valence-electron chi connectivity index (χ3n) is 7.55. The Balaban J connectivity index is 1.45. The molecule has 1 unspecified atom stereocenters. The highest BCUT2D eigenvalue weighted by Gasteiger charge is 2.42. The Morgan fingerprint density at radius 3 is 2.44 bits per heavy atom. The van der Waals surface area contributed by atoms with E-state index in [2.05, 4.69) is 11.8 Å². The molecule has 3 aliphatic rings. The number of likely N-dealkylation sites (tertiary alicyclic amines) is 2. The van der Waals surface area contributed by atoms with Crippen molar-refractivity contribution >= 4 is 0 Å². The zero-order valence-electron chi connectivity index (χ0n) is 18.3. The van der Waals surface area contributed by atoms with Gasteiger partial charge in [-0.05, 0) is 30.2 Å². The minimum Gasteiger partial charge on any atom is -0.406 e. The molecule has 3 atom stereocenters. The maximum atomic E-state index is 12.7. The summed E-state index contributed by atoms with van der Waals surface area (Å²) in [7, 11) is 2.26. The quantitative estimate of drug-likeness (QED) is 0.737. The predicted molar refractivity (Wildman–Crippen MR) is 114 cm³/mol. The molecule has 8 heteroatoms. The molecule has 0 spiro atoms. The average molecular weight is 450 g/mol. The lowest BCUT2D eigenvalue weighted by molar-refractivity contribution is -0.959. The Morgan fingerprint density at radius 1 is 1.03 bits per heavy atom. The van der Waals surface area contributed by atoms with Crippen LogP contribution in [0.4, 0.5) is 13.2 Å². The zero-order chi connectivity index (χ0) is 22.5. The van der Waals surface area contributed by atoms with Gasteiger partial charge in [-0.15, -0.1) is 13.2 Å². The van der Waals surface area contributed by atoms with Gasteiger partial charge < -0.3 is 19.1 Å². The number of hydrogen-bond donors (Lipinski definition) is 2. The number of nitrogens with one attached hydrogen (secondary N) is 2. The highest BCUT2D eigenvalue weighted by atomic mass is 19.4. The smallest absolute Gasteiger partial charge is 0.406 e. The molecular formula is C24H30F3N3O2+2. The summed E-state index contributed by atoms with van der Waals surface area (Å²) in [6, 6.07) is 10.1. The van der Waals surface area contributed by atoms with E-state index in [0.29, 0.717) is 17.9 Å². The van der Waals surface area contributed by atoms with Gasteiger partial charge in [0.05, 0.1) is 39.3 Å². The summed E-state index contributed by atoms with van der Waals surface area (Å²) in [5, 5.41) is 0. The number of quaternary nitrogens is 2. The molecule has 2 saturated heterocycles. The largest absolute Gasteiger partial charge is 0.573 e. The van der Waals surface area contributed by atoms with E-state index in [-0.39, 0.29) is 11.3 Å². The summed E-state index contributed by atoms with van der Waals surface area (Å²) in [5.74, 6) is 0.555. The van der Waals surface area contributed by atoms with Crippen LogP contribution in [0, 0.1) is 5.92 Å². The van der Waals surface area contributed by atoms with Gasteiger partial charge in [-0.3, -0.25) is 4.79 Å². The van der Waals surface area contributed by atoms with Crippen LogP contribution in [-0.4, -0.2) is 50.2 Å². The van der Waals surface area contributed by atoms with E-state index in [0.717, 1.165) is 42.9 Å². The van der Waals surface area contributed by atoms with Crippen molar-refractivity contribution in [3.05, 3.63) is 52.4 Å². The number of nitrogens with zero attached hydrogens (tertiary/aromatic N) is 1. The molecular weight excluding hydrogens is 419 g/mol. The van der Waals surface area contributed by atoms with Gasteiger partial charge in [0.2, 0.25) is 0 Å². The van der Waals surface area contributed by atoms with Crippen molar-refractivity contribution in [1.82, 2.24) is 4.57 Å². The average Bonchev–Trinajstić information content (AvgIpc) is 2.74. The normalized spacial score (nSPS) is 29.9. The molecule has 4 heterocycles. The van der Waals surface area contributed by atoms with E-state index in [1.54, 1.807) is 28.0 Å². The van der Waals surface area contributed by atoms with E-state index in [1.165, 1.54) is 38.1 Å². The van der Waals surface area contributed by atoms with Gasteiger partial charge in [-0.25, -0.2) is 0 Å². The van der Waals surface area contributed by atoms with Gasteiger partial charge in [0.25, 0.3) is 5.56 Å². The lowest BCUT2D eigenvalue weighted by Crippen LogP contribution is -3.21. The lowest BCUT2D eigenvalue weighted by atomic mass is 9.79. The second kappa shape index (κ2) is 8.23. The standard InChI is InChI=1S/C24H28F3N3O2/c1-28-10-8-19(9-11-28)29-13-16-12-18(15-29)23-21(6-7-22(31)30(23)14-16)17-2-4-20(5-3-17)32-24(25,26)27/h2-7,16,18-19H,8-15H2,1H3/p+2/t16-,18+/m0/s1. The fraction of sp³-hybridized carbons (Fsp3) is 0.542. The number of hydrogen-bond acceptors (Lipinski definition) is 2. The molecule has 3 aliphatic heterocycles. The summed E-state index contributed by atoms with van der Waals surface area (Å²) < 4.78 is 43.5. The topological polar surface area (TPSA) is 40.1 Å². The van der Waals surface area contributed by atoms with E-state index < -0.39 is 6.36 Å². The van der Waals surface area contributed by atoms with Gasteiger partial charge in [-0.1, -0.05) is 12.1 Å². The van der Waals surface area contributed by atoms with Crippen molar-refractivity contribution < 1.29 is 27.7 Å². The van der Waals surface area contributed by atoms with Crippen LogP contribution >= 0.6 is 0 Å². The number of pyridine rings is 1.